The summed E-state index contributed by atoms with van der Waals surface area (Å²) in [5.41, 5.74) is 0.494. The molecule has 1 saturated carbocycles. The maximum atomic E-state index is 13.8. The van der Waals surface area contributed by atoms with Crippen molar-refractivity contribution in [3.05, 3.63) is 29.6 Å². The van der Waals surface area contributed by atoms with Crippen molar-refractivity contribution in [2.45, 2.75) is 25.4 Å². The van der Waals surface area contributed by atoms with Crippen molar-refractivity contribution in [1.82, 2.24) is 10.6 Å². The first kappa shape index (κ1) is 12.8. The molecule has 0 aromatic heterocycles. The van der Waals surface area contributed by atoms with Gasteiger partial charge in [0.25, 0.3) is 0 Å². The third-order valence-corrected chi connectivity index (χ3v) is 2.81. The van der Waals surface area contributed by atoms with Crippen LogP contribution in [-0.2, 0) is 11.3 Å². The van der Waals surface area contributed by atoms with E-state index >= 15 is 0 Å². The van der Waals surface area contributed by atoms with E-state index in [0.29, 0.717) is 18.2 Å². The van der Waals surface area contributed by atoms with Crippen molar-refractivity contribution in [3.8, 4) is 5.75 Å². The van der Waals surface area contributed by atoms with E-state index < -0.39 is 0 Å². The number of methoxy groups -OCH3 is 1. The predicted octanol–water partition coefficient (Wildman–Crippen LogP) is 1.20. The van der Waals surface area contributed by atoms with Gasteiger partial charge in [0.05, 0.1) is 13.7 Å². The second kappa shape index (κ2) is 5.82. The molecule has 0 radical (unpaired) electrons. The molecule has 5 heteroatoms. The summed E-state index contributed by atoms with van der Waals surface area (Å²) < 4.78 is 18.6. The minimum atomic E-state index is -0.380. The van der Waals surface area contributed by atoms with Crippen LogP contribution in [0.1, 0.15) is 18.4 Å². The third kappa shape index (κ3) is 3.43. The average Bonchev–Trinajstić information content (AvgIpc) is 3.15. The van der Waals surface area contributed by atoms with Crippen LogP contribution in [0.25, 0.3) is 0 Å². The van der Waals surface area contributed by atoms with E-state index in [9.17, 15) is 9.18 Å². The Balaban J connectivity index is 1.80. The van der Waals surface area contributed by atoms with Crippen molar-refractivity contribution in [3.63, 3.8) is 0 Å². The summed E-state index contributed by atoms with van der Waals surface area (Å²) in [5.74, 6) is -0.201. The zero-order chi connectivity index (χ0) is 13.0. The number of amides is 1. The van der Waals surface area contributed by atoms with E-state index in [-0.39, 0.29) is 24.0 Å². The van der Waals surface area contributed by atoms with Gasteiger partial charge in [-0.3, -0.25) is 4.79 Å². The summed E-state index contributed by atoms with van der Waals surface area (Å²) in [7, 11) is 1.43. The minimum absolute atomic E-state index is 0.0409. The summed E-state index contributed by atoms with van der Waals surface area (Å²) in [4.78, 5) is 11.4. The number of hydrogen-bond donors (Lipinski definition) is 2. The highest BCUT2D eigenvalue weighted by Gasteiger charge is 2.22. The number of halogens is 1. The minimum Gasteiger partial charge on any atom is -0.494 e. The van der Waals surface area contributed by atoms with Gasteiger partial charge >= 0.3 is 0 Å². The van der Waals surface area contributed by atoms with Crippen LogP contribution in [0.4, 0.5) is 4.39 Å². The Morgan fingerprint density at radius 2 is 2.28 bits per heavy atom. The molecular formula is C13H17FN2O2. The SMILES string of the molecule is COc1cccc(CNCC(=O)NC2CC2)c1F. The van der Waals surface area contributed by atoms with Crippen LogP contribution in [0.3, 0.4) is 0 Å². The van der Waals surface area contributed by atoms with E-state index in [1.807, 2.05) is 0 Å². The molecule has 1 fully saturated rings. The molecule has 0 saturated heterocycles. The number of benzene rings is 1. The first-order chi connectivity index (χ1) is 8.70. The molecule has 0 aliphatic heterocycles. The first-order valence-electron chi connectivity index (χ1n) is 6.02. The molecule has 0 atom stereocenters. The normalized spacial score (nSPS) is 14.3. The molecule has 0 bridgehead atoms. The van der Waals surface area contributed by atoms with Crippen molar-refractivity contribution in [1.29, 1.82) is 0 Å². The van der Waals surface area contributed by atoms with E-state index in [2.05, 4.69) is 10.6 Å². The Morgan fingerprint density at radius 1 is 1.50 bits per heavy atom. The second-order valence-electron chi connectivity index (χ2n) is 4.38. The zero-order valence-corrected chi connectivity index (χ0v) is 10.3. The van der Waals surface area contributed by atoms with Crippen LogP contribution < -0.4 is 15.4 Å². The maximum absolute atomic E-state index is 13.8. The summed E-state index contributed by atoms with van der Waals surface area (Å²) >= 11 is 0. The lowest BCUT2D eigenvalue weighted by molar-refractivity contribution is -0.120. The lowest BCUT2D eigenvalue weighted by atomic mass is 10.2. The number of hydrogen-bond acceptors (Lipinski definition) is 3. The molecule has 0 heterocycles. The average molecular weight is 252 g/mol. The summed E-state index contributed by atoms with van der Waals surface area (Å²) in [5, 5.41) is 5.78. The highest BCUT2D eigenvalue weighted by Crippen LogP contribution is 2.20. The molecule has 1 amide bonds. The van der Waals surface area contributed by atoms with Crippen LogP contribution in [0.5, 0.6) is 5.75 Å². The highest BCUT2D eigenvalue weighted by molar-refractivity contribution is 5.78. The molecule has 1 aromatic carbocycles. The lowest BCUT2D eigenvalue weighted by Gasteiger charge is -2.08. The molecular weight excluding hydrogens is 235 g/mol. The number of rotatable bonds is 6. The molecule has 0 unspecified atom stereocenters. The van der Waals surface area contributed by atoms with Gasteiger partial charge in [0.15, 0.2) is 11.6 Å². The van der Waals surface area contributed by atoms with E-state index in [0.717, 1.165) is 12.8 Å². The van der Waals surface area contributed by atoms with Crippen LogP contribution in [0, 0.1) is 5.82 Å². The van der Waals surface area contributed by atoms with Crippen LogP contribution in [0.15, 0.2) is 18.2 Å². The Morgan fingerprint density at radius 3 is 2.94 bits per heavy atom. The monoisotopic (exact) mass is 252 g/mol. The summed E-state index contributed by atoms with van der Waals surface area (Å²) in [6.07, 6.45) is 2.13. The number of ether oxygens (including phenoxy) is 1. The molecule has 1 aliphatic carbocycles. The topological polar surface area (TPSA) is 50.4 Å². The third-order valence-electron chi connectivity index (χ3n) is 2.81. The smallest absolute Gasteiger partial charge is 0.234 e. The fraction of sp³-hybridized carbons (Fsp3) is 0.462. The molecule has 98 valence electrons. The standard InChI is InChI=1S/C13H17FN2O2/c1-18-11-4-2-3-9(13(11)14)7-15-8-12(17)16-10-5-6-10/h2-4,10,15H,5-8H2,1H3,(H,16,17). The molecule has 4 nitrogen and oxygen atoms in total. The Bertz CT molecular complexity index is 433. The van der Waals surface area contributed by atoms with Gasteiger partial charge in [-0.25, -0.2) is 4.39 Å². The highest BCUT2D eigenvalue weighted by atomic mass is 19.1. The van der Waals surface area contributed by atoms with E-state index in [1.54, 1.807) is 18.2 Å². The molecule has 2 N–H and O–H groups in total. The molecule has 1 aliphatic rings. The lowest BCUT2D eigenvalue weighted by Crippen LogP contribution is -2.34. The van der Waals surface area contributed by atoms with Gasteiger partial charge in [0, 0.05) is 18.2 Å². The van der Waals surface area contributed by atoms with Crippen molar-refractivity contribution < 1.29 is 13.9 Å². The van der Waals surface area contributed by atoms with Gasteiger partial charge in [-0.1, -0.05) is 12.1 Å². The molecule has 0 spiro atoms. The quantitative estimate of drug-likeness (QED) is 0.800. The van der Waals surface area contributed by atoms with Crippen LogP contribution in [-0.4, -0.2) is 25.6 Å². The first-order valence-corrected chi connectivity index (χ1v) is 6.02. The van der Waals surface area contributed by atoms with Gasteiger partial charge in [0.2, 0.25) is 5.91 Å². The predicted molar refractivity (Wildman–Crippen MR) is 65.8 cm³/mol. The van der Waals surface area contributed by atoms with Gasteiger partial charge < -0.3 is 15.4 Å². The van der Waals surface area contributed by atoms with Gasteiger partial charge in [-0.05, 0) is 18.9 Å². The number of carbonyl (C=O) groups is 1. The molecule has 1 aromatic rings. The fourth-order valence-corrected chi connectivity index (χ4v) is 1.67. The Kier molecular flexibility index (Phi) is 4.15. The molecule has 18 heavy (non-hydrogen) atoms. The largest absolute Gasteiger partial charge is 0.494 e. The maximum Gasteiger partial charge on any atom is 0.234 e. The Labute approximate surface area is 106 Å². The van der Waals surface area contributed by atoms with Gasteiger partial charge in [0.1, 0.15) is 0 Å². The zero-order valence-electron chi connectivity index (χ0n) is 10.3. The van der Waals surface area contributed by atoms with E-state index in [4.69, 9.17) is 4.74 Å². The van der Waals surface area contributed by atoms with Crippen molar-refractivity contribution in [2.24, 2.45) is 0 Å². The second-order valence-corrected chi connectivity index (χ2v) is 4.38. The number of nitrogens with one attached hydrogen (secondary N) is 2. The van der Waals surface area contributed by atoms with Crippen LogP contribution in [0.2, 0.25) is 0 Å². The van der Waals surface area contributed by atoms with Gasteiger partial charge in [-0.2, -0.15) is 0 Å². The van der Waals surface area contributed by atoms with Crippen LogP contribution >= 0.6 is 0 Å². The van der Waals surface area contributed by atoms with Crippen molar-refractivity contribution in [2.75, 3.05) is 13.7 Å². The Hall–Kier alpha value is -1.62. The fourth-order valence-electron chi connectivity index (χ4n) is 1.67. The van der Waals surface area contributed by atoms with E-state index in [1.165, 1.54) is 7.11 Å². The summed E-state index contributed by atoms with van der Waals surface area (Å²) in [6, 6.07) is 5.32. The molecule has 2 rings (SSSR count). The van der Waals surface area contributed by atoms with Gasteiger partial charge in [-0.15, -0.1) is 0 Å². The summed E-state index contributed by atoms with van der Waals surface area (Å²) in [6.45, 7) is 0.508. The number of carbonyl (C=O) groups excluding carboxylic acids is 1. The van der Waals surface area contributed by atoms with Crippen molar-refractivity contribution >= 4 is 5.91 Å².